The summed E-state index contributed by atoms with van der Waals surface area (Å²) >= 11 is 0. The van der Waals surface area contributed by atoms with Gasteiger partial charge in [0.1, 0.15) is 0 Å². The van der Waals surface area contributed by atoms with Gasteiger partial charge < -0.3 is 5.32 Å². The highest BCUT2D eigenvalue weighted by Gasteiger charge is 2.05. The average molecular weight is 287 g/mol. The van der Waals surface area contributed by atoms with E-state index >= 15 is 0 Å². The first-order valence-electron chi connectivity index (χ1n) is 7.01. The van der Waals surface area contributed by atoms with E-state index in [0.29, 0.717) is 12.2 Å². The van der Waals surface area contributed by atoms with Gasteiger partial charge in [0, 0.05) is 32.4 Å². The molecular formula is C16H21N3O2. The molecule has 0 aliphatic rings. The number of nitrogens with one attached hydrogen (secondary N) is 1. The Labute approximate surface area is 123 Å². The van der Waals surface area contributed by atoms with Crippen LogP contribution in [-0.2, 0) is 27.1 Å². The van der Waals surface area contributed by atoms with Crippen molar-refractivity contribution in [2.45, 2.75) is 19.9 Å². The summed E-state index contributed by atoms with van der Waals surface area (Å²) in [5, 5.41) is 3.28. The molecule has 0 unspecified atom stereocenters. The van der Waals surface area contributed by atoms with Crippen LogP contribution in [0.5, 0.6) is 0 Å². The Morgan fingerprint density at radius 2 is 1.86 bits per heavy atom. The highest BCUT2D eigenvalue weighted by Crippen LogP contribution is 2.04. The van der Waals surface area contributed by atoms with Crippen molar-refractivity contribution in [3.63, 3.8) is 0 Å². The first-order chi connectivity index (χ1) is 9.99. The van der Waals surface area contributed by atoms with Crippen molar-refractivity contribution < 1.29 is 0 Å². The van der Waals surface area contributed by atoms with Crippen LogP contribution in [0.15, 0.2) is 39.9 Å². The van der Waals surface area contributed by atoms with Crippen molar-refractivity contribution in [1.82, 2.24) is 14.5 Å². The van der Waals surface area contributed by atoms with Crippen molar-refractivity contribution in [3.05, 3.63) is 68.0 Å². The predicted molar refractivity (Wildman–Crippen MR) is 83.5 cm³/mol. The van der Waals surface area contributed by atoms with Crippen LogP contribution in [0, 0.1) is 6.92 Å². The molecule has 0 amide bonds. The number of nitrogens with zero attached hydrogens (tertiary/aromatic N) is 2. The van der Waals surface area contributed by atoms with Gasteiger partial charge in [0.15, 0.2) is 0 Å². The summed E-state index contributed by atoms with van der Waals surface area (Å²) in [7, 11) is 3.17. The quantitative estimate of drug-likeness (QED) is 0.825. The Balaban J connectivity index is 1.95. The van der Waals surface area contributed by atoms with Gasteiger partial charge in [-0.2, -0.15) is 0 Å². The van der Waals surface area contributed by atoms with Crippen LogP contribution >= 0.6 is 0 Å². The predicted octanol–water partition coefficient (Wildman–Crippen LogP) is 0.725. The van der Waals surface area contributed by atoms with Gasteiger partial charge >= 0.3 is 5.69 Å². The number of rotatable bonds is 5. The standard InChI is InChI=1S/C16H21N3O2/c1-12-5-4-6-13(9-12)7-8-17-11-14-10-15(20)19(3)16(21)18(14)2/h4-6,9-10,17H,7-8,11H2,1-3H3. The van der Waals surface area contributed by atoms with Crippen LogP contribution in [0.2, 0.25) is 0 Å². The molecule has 5 nitrogen and oxygen atoms in total. The second kappa shape index (κ2) is 6.54. The molecule has 0 aliphatic heterocycles. The molecule has 21 heavy (non-hydrogen) atoms. The molecule has 2 aromatic rings. The van der Waals surface area contributed by atoms with Crippen molar-refractivity contribution in [2.24, 2.45) is 14.1 Å². The molecule has 0 spiro atoms. The molecule has 1 heterocycles. The van der Waals surface area contributed by atoms with Crippen molar-refractivity contribution in [2.75, 3.05) is 6.54 Å². The minimum atomic E-state index is -0.294. The van der Waals surface area contributed by atoms with E-state index in [9.17, 15) is 9.59 Å². The van der Waals surface area contributed by atoms with Gasteiger partial charge in [0.25, 0.3) is 5.56 Å². The number of benzene rings is 1. The molecule has 0 aliphatic carbocycles. The summed E-state index contributed by atoms with van der Waals surface area (Å²) in [6.07, 6.45) is 0.917. The SMILES string of the molecule is Cc1cccc(CCNCc2cc(=O)n(C)c(=O)n2C)c1. The molecule has 0 atom stereocenters. The lowest BCUT2D eigenvalue weighted by Crippen LogP contribution is -2.39. The van der Waals surface area contributed by atoms with Crippen molar-refractivity contribution in [1.29, 1.82) is 0 Å². The zero-order valence-electron chi connectivity index (χ0n) is 12.7. The fourth-order valence-corrected chi connectivity index (χ4v) is 2.26. The van der Waals surface area contributed by atoms with Crippen LogP contribution < -0.4 is 16.6 Å². The molecule has 0 bridgehead atoms. The van der Waals surface area contributed by atoms with E-state index in [1.54, 1.807) is 7.05 Å². The van der Waals surface area contributed by atoms with Crippen molar-refractivity contribution >= 4 is 0 Å². The normalized spacial score (nSPS) is 10.8. The second-order valence-corrected chi connectivity index (χ2v) is 5.29. The molecule has 0 saturated heterocycles. The maximum atomic E-state index is 11.8. The van der Waals surface area contributed by atoms with Crippen LogP contribution in [0.4, 0.5) is 0 Å². The number of hydrogen-bond acceptors (Lipinski definition) is 3. The molecule has 112 valence electrons. The summed E-state index contributed by atoms with van der Waals surface area (Å²) in [4.78, 5) is 23.4. The minimum absolute atomic E-state index is 0.270. The van der Waals surface area contributed by atoms with Crippen molar-refractivity contribution in [3.8, 4) is 0 Å². The Morgan fingerprint density at radius 3 is 2.57 bits per heavy atom. The van der Waals surface area contributed by atoms with E-state index in [2.05, 4.69) is 36.5 Å². The monoisotopic (exact) mass is 287 g/mol. The van der Waals surface area contributed by atoms with Gasteiger partial charge in [-0.05, 0) is 25.5 Å². The molecule has 2 rings (SSSR count). The molecule has 0 saturated carbocycles. The Bertz CT molecular complexity index is 744. The summed E-state index contributed by atoms with van der Waals surface area (Å²) in [6.45, 7) is 3.38. The largest absolute Gasteiger partial charge is 0.330 e. The third-order valence-corrected chi connectivity index (χ3v) is 3.60. The minimum Gasteiger partial charge on any atom is -0.311 e. The number of aromatic nitrogens is 2. The molecule has 0 fully saturated rings. The van der Waals surface area contributed by atoms with E-state index in [0.717, 1.165) is 17.5 Å². The first-order valence-corrected chi connectivity index (χ1v) is 7.01. The highest BCUT2D eigenvalue weighted by atomic mass is 16.2. The lowest BCUT2D eigenvalue weighted by molar-refractivity contribution is 0.601. The van der Waals surface area contributed by atoms with Crippen LogP contribution in [0.1, 0.15) is 16.8 Å². The number of hydrogen-bond donors (Lipinski definition) is 1. The van der Waals surface area contributed by atoms with E-state index < -0.39 is 0 Å². The Kier molecular flexibility index (Phi) is 4.75. The summed E-state index contributed by atoms with van der Waals surface area (Å²) in [6, 6.07) is 9.89. The molecule has 5 heteroatoms. The topological polar surface area (TPSA) is 56.0 Å². The lowest BCUT2D eigenvalue weighted by Gasteiger charge is -2.10. The summed E-state index contributed by atoms with van der Waals surface area (Å²) in [5.41, 5.74) is 2.67. The molecular weight excluding hydrogens is 266 g/mol. The van der Waals surface area contributed by atoms with Crippen LogP contribution in [0.25, 0.3) is 0 Å². The average Bonchev–Trinajstić information content (AvgIpc) is 2.46. The molecule has 0 radical (unpaired) electrons. The van der Waals surface area contributed by atoms with Gasteiger partial charge in [0.05, 0.1) is 0 Å². The first kappa shape index (κ1) is 15.3. The van der Waals surface area contributed by atoms with Gasteiger partial charge in [-0.25, -0.2) is 4.79 Å². The Morgan fingerprint density at radius 1 is 1.10 bits per heavy atom. The maximum absolute atomic E-state index is 11.8. The van der Waals surface area contributed by atoms with Gasteiger partial charge in [-0.3, -0.25) is 13.9 Å². The molecule has 1 N–H and O–H groups in total. The van der Waals surface area contributed by atoms with E-state index in [1.165, 1.54) is 28.8 Å². The van der Waals surface area contributed by atoms with E-state index in [4.69, 9.17) is 0 Å². The second-order valence-electron chi connectivity index (χ2n) is 5.29. The van der Waals surface area contributed by atoms with E-state index in [-0.39, 0.29) is 11.2 Å². The summed E-state index contributed by atoms with van der Waals surface area (Å²) < 4.78 is 2.61. The third-order valence-electron chi connectivity index (χ3n) is 3.60. The van der Waals surface area contributed by atoms with Gasteiger partial charge in [-0.1, -0.05) is 29.8 Å². The van der Waals surface area contributed by atoms with E-state index in [1.807, 2.05) is 0 Å². The Hall–Kier alpha value is -2.14. The van der Waals surface area contributed by atoms with Gasteiger partial charge in [0.2, 0.25) is 0 Å². The van der Waals surface area contributed by atoms with Crippen LogP contribution in [0.3, 0.4) is 0 Å². The highest BCUT2D eigenvalue weighted by molar-refractivity contribution is 5.22. The van der Waals surface area contributed by atoms with Gasteiger partial charge in [-0.15, -0.1) is 0 Å². The van der Waals surface area contributed by atoms with Crippen LogP contribution in [-0.4, -0.2) is 15.7 Å². The fraction of sp³-hybridized carbons (Fsp3) is 0.375. The fourth-order valence-electron chi connectivity index (χ4n) is 2.26. The zero-order chi connectivity index (χ0) is 15.4. The molecule has 1 aromatic heterocycles. The maximum Gasteiger partial charge on any atom is 0.330 e. The number of aryl methyl sites for hydroxylation is 1. The smallest absolute Gasteiger partial charge is 0.311 e. The third kappa shape index (κ3) is 3.70. The zero-order valence-corrected chi connectivity index (χ0v) is 12.7. The lowest BCUT2D eigenvalue weighted by atomic mass is 10.1. The summed E-state index contributed by atoms with van der Waals surface area (Å²) in [5.74, 6) is 0. The molecule has 1 aromatic carbocycles.